The minimum atomic E-state index is -0.0844. The monoisotopic (exact) mass is 549 g/mol. The Balaban J connectivity index is 1.30. The molecular formula is C30H31N9O2. The number of rotatable bonds is 8. The van der Waals surface area contributed by atoms with Gasteiger partial charge in [-0.2, -0.15) is 10.2 Å². The summed E-state index contributed by atoms with van der Waals surface area (Å²) >= 11 is 0. The Bertz CT molecular complexity index is 1950. The van der Waals surface area contributed by atoms with Gasteiger partial charge in [-0.25, -0.2) is 14.6 Å². The molecule has 0 aliphatic heterocycles. The smallest absolute Gasteiger partial charge is 0.259 e. The molecule has 0 radical (unpaired) electrons. The number of aryl methyl sites for hydroxylation is 2. The predicted molar refractivity (Wildman–Crippen MR) is 154 cm³/mol. The lowest BCUT2D eigenvalue weighted by molar-refractivity contribution is 0.195. The number of aliphatic hydroxyl groups is 1. The molecule has 0 amide bonds. The zero-order chi connectivity index (χ0) is 27.8. The molecule has 41 heavy (non-hydrogen) atoms. The molecule has 208 valence electrons. The maximum Gasteiger partial charge on any atom is 0.259 e. The van der Waals surface area contributed by atoms with E-state index in [4.69, 9.17) is 19.8 Å². The number of aliphatic hydroxyl groups excluding tert-OH is 1. The Morgan fingerprint density at radius 1 is 0.902 bits per heavy atom. The fourth-order valence-electron chi connectivity index (χ4n) is 5.94. The summed E-state index contributed by atoms with van der Waals surface area (Å²) in [6, 6.07) is 8.43. The molecule has 2 aliphatic carbocycles. The number of aromatic nitrogens is 9. The van der Waals surface area contributed by atoms with Crippen LogP contribution in [-0.4, -0.2) is 62.2 Å². The second-order valence-corrected chi connectivity index (χ2v) is 11.3. The topological polar surface area (TPSA) is 114 Å². The van der Waals surface area contributed by atoms with Crippen LogP contribution in [0.15, 0.2) is 42.9 Å². The largest absolute Gasteiger partial charge is 0.473 e. The van der Waals surface area contributed by atoms with Crippen molar-refractivity contribution < 1.29 is 9.84 Å². The van der Waals surface area contributed by atoms with Gasteiger partial charge in [0, 0.05) is 73.0 Å². The minimum Gasteiger partial charge on any atom is -0.473 e. The van der Waals surface area contributed by atoms with Crippen molar-refractivity contribution in [2.75, 3.05) is 13.2 Å². The zero-order valence-corrected chi connectivity index (χ0v) is 23.3. The Morgan fingerprint density at radius 2 is 1.71 bits per heavy atom. The van der Waals surface area contributed by atoms with Crippen molar-refractivity contribution in [1.82, 2.24) is 43.9 Å². The SMILES string of the molecule is Cn1cc(-n2cc3c(-c4nc(-c5cc6cn(C)nc6nc5C5CC5)n(C)c4C4CC4)cccc3n2)c(OCCO)n1. The molecular weight excluding hydrogens is 518 g/mol. The second-order valence-electron chi connectivity index (χ2n) is 11.3. The van der Waals surface area contributed by atoms with Crippen LogP contribution in [0.1, 0.15) is 48.9 Å². The van der Waals surface area contributed by atoms with E-state index in [1.807, 2.05) is 49.5 Å². The van der Waals surface area contributed by atoms with Crippen molar-refractivity contribution in [3.05, 3.63) is 54.2 Å². The van der Waals surface area contributed by atoms with Gasteiger partial charge in [0.15, 0.2) is 5.65 Å². The number of fused-ring (bicyclic) bond motifs is 2. The Morgan fingerprint density at radius 3 is 2.49 bits per heavy atom. The lowest BCUT2D eigenvalue weighted by atomic mass is 10.0. The van der Waals surface area contributed by atoms with Gasteiger partial charge in [0.1, 0.15) is 18.1 Å². The quantitative estimate of drug-likeness (QED) is 0.302. The van der Waals surface area contributed by atoms with E-state index >= 15 is 0 Å². The highest BCUT2D eigenvalue weighted by Gasteiger charge is 2.35. The Kier molecular flexibility index (Phi) is 5.33. The third-order valence-electron chi connectivity index (χ3n) is 8.11. The summed E-state index contributed by atoms with van der Waals surface area (Å²) in [5, 5.41) is 25.2. The van der Waals surface area contributed by atoms with E-state index in [1.54, 1.807) is 9.36 Å². The predicted octanol–water partition coefficient (Wildman–Crippen LogP) is 4.23. The summed E-state index contributed by atoms with van der Waals surface area (Å²) in [7, 11) is 5.93. The van der Waals surface area contributed by atoms with Crippen LogP contribution in [0.5, 0.6) is 5.88 Å². The van der Waals surface area contributed by atoms with Crippen LogP contribution in [0.2, 0.25) is 0 Å². The van der Waals surface area contributed by atoms with Gasteiger partial charge in [-0.1, -0.05) is 12.1 Å². The van der Waals surface area contributed by atoms with Crippen LogP contribution in [0.25, 0.3) is 50.3 Å². The van der Waals surface area contributed by atoms with Gasteiger partial charge in [0.2, 0.25) is 0 Å². The van der Waals surface area contributed by atoms with Crippen molar-refractivity contribution in [1.29, 1.82) is 0 Å². The molecule has 0 bridgehead atoms. The molecule has 5 heterocycles. The van der Waals surface area contributed by atoms with Crippen molar-refractivity contribution >= 4 is 21.9 Å². The Labute approximate surface area is 236 Å². The van der Waals surface area contributed by atoms with Crippen LogP contribution in [0.4, 0.5) is 0 Å². The summed E-state index contributed by atoms with van der Waals surface area (Å²) in [5.41, 5.74) is 7.92. The molecule has 2 aliphatic rings. The number of hydrogen-bond acceptors (Lipinski definition) is 7. The number of ether oxygens (including phenoxy) is 1. The minimum absolute atomic E-state index is 0.0844. The zero-order valence-electron chi connectivity index (χ0n) is 23.3. The summed E-state index contributed by atoms with van der Waals surface area (Å²) in [6.07, 6.45) is 10.6. The molecule has 5 aromatic heterocycles. The average Bonchev–Trinajstić information content (AvgIpc) is 3.83. The first-order valence-electron chi connectivity index (χ1n) is 14.2. The molecule has 1 N–H and O–H groups in total. The first-order chi connectivity index (χ1) is 20.0. The third kappa shape index (κ3) is 4.02. The number of hydrogen-bond donors (Lipinski definition) is 1. The fourth-order valence-corrected chi connectivity index (χ4v) is 5.94. The summed E-state index contributed by atoms with van der Waals surface area (Å²) in [6.45, 7) is 0.0823. The van der Waals surface area contributed by atoms with E-state index in [0.29, 0.717) is 17.7 Å². The molecule has 0 unspecified atom stereocenters. The van der Waals surface area contributed by atoms with Crippen molar-refractivity contribution in [3.8, 4) is 34.2 Å². The van der Waals surface area contributed by atoms with Gasteiger partial charge in [-0.15, -0.1) is 5.10 Å². The van der Waals surface area contributed by atoms with Gasteiger partial charge in [0.25, 0.3) is 5.88 Å². The van der Waals surface area contributed by atoms with Crippen LogP contribution >= 0.6 is 0 Å². The molecule has 0 atom stereocenters. The van der Waals surface area contributed by atoms with Crippen molar-refractivity contribution in [2.45, 2.75) is 37.5 Å². The second kappa shape index (κ2) is 9.00. The first kappa shape index (κ1) is 24.3. The van der Waals surface area contributed by atoms with E-state index in [-0.39, 0.29) is 13.2 Å². The van der Waals surface area contributed by atoms with Crippen molar-refractivity contribution in [2.24, 2.45) is 21.1 Å². The molecule has 2 saturated carbocycles. The molecule has 2 fully saturated rings. The lowest BCUT2D eigenvalue weighted by Crippen LogP contribution is -2.05. The molecule has 11 nitrogen and oxygen atoms in total. The van der Waals surface area contributed by atoms with E-state index in [0.717, 1.165) is 81.6 Å². The molecule has 0 saturated heterocycles. The third-order valence-corrected chi connectivity index (χ3v) is 8.11. The van der Waals surface area contributed by atoms with E-state index in [1.165, 1.54) is 5.69 Å². The number of pyridine rings is 1. The van der Waals surface area contributed by atoms with Gasteiger partial charge in [-0.3, -0.25) is 9.36 Å². The highest BCUT2D eigenvalue weighted by molar-refractivity contribution is 5.95. The average molecular weight is 550 g/mol. The number of nitrogens with zero attached hydrogens (tertiary/aromatic N) is 9. The standard InChI is InChI=1S/C30H31N9O2/c1-36-14-19-13-21(25(17-7-8-17)31-28(19)34-36)29-32-26(27(38(29)3)18-9-10-18)20-5-4-6-23-22(20)15-39(33-23)24-16-37(2)35-30(24)41-12-11-40/h4-6,13-18,40H,7-12H2,1-3H3. The van der Waals surface area contributed by atoms with Crippen LogP contribution in [-0.2, 0) is 21.1 Å². The van der Waals surface area contributed by atoms with Crippen LogP contribution < -0.4 is 4.74 Å². The molecule has 6 aromatic rings. The highest BCUT2D eigenvalue weighted by atomic mass is 16.5. The number of benzene rings is 1. The van der Waals surface area contributed by atoms with Crippen molar-refractivity contribution in [3.63, 3.8) is 0 Å². The van der Waals surface area contributed by atoms with Gasteiger partial charge >= 0.3 is 0 Å². The van der Waals surface area contributed by atoms with Gasteiger partial charge in [0.05, 0.1) is 29.7 Å². The molecule has 0 spiro atoms. The van der Waals surface area contributed by atoms with Crippen LogP contribution in [0, 0.1) is 0 Å². The molecule has 8 rings (SSSR count). The Hall–Kier alpha value is -4.51. The lowest BCUT2D eigenvalue weighted by Gasteiger charge is -2.10. The summed E-state index contributed by atoms with van der Waals surface area (Å²) in [4.78, 5) is 10.4. The van der Waals surface area contributed by atoms with E-state index < -0.39 is 0 Å². The normalized spacial score (nSPS) is 15.4. The highest BCUT2D eigenvalue weighted by Crippen LogP contribution is 2.49. The van der Waals surface area contributed by atoms with E-state index in [9.17, 15) is 5.11 Å². The molecule has 1 aromatic carbocycles. The summed E-state index contributed by atoms with van der Waals surface area (Å²) in [5.74, 6) is 2.33. The molecule has 11 heteroatoms. The van der Waals surface area contributed by atoms with Crippen LogP contribution in [0.3, 0.4) is 0 Å². The van der Waals surface area contributed by atoms with Gasteiger partial charge < -0.3 is 14.4 Å². The maximum absolute atomic E-state index is 9.26. The number of imidazole rings is 1. The van der Waals surface area contributed by atoms with E-state index in [2.05, 4.69) is 33.9 Å². The first-order valence-corrected chi connectivity index (χ1v) is 14.2. The van der Waals surface area contributed by atoms with Gasteiger partial charge in [-0.05, 0) is 37.8 Å². The fraction of sp³-hybridized carbons (Fsp3) is 0.367. The summed E-state index contributed by atoms with van der Waals surface area (Å²) < 4.78 is 13.3. The maximum atomic E-state index is 9.26.